The summed E-state index contributed by atoms with van der Waals surface area (Å²) in [6.45, 7) is 2.47. The molecule has 1 aromatic rings. The van der Waals surface area contributed by atoms with Gasteiger partial charge < -0.3 is 11.1 Å². The third-order valence-corrected chi connectivity index (χ3v) is 2.15. The average molecular weight is 220 g/mol. The molecule has 0 aromatic carbocycles. The van der Waals surface area contributed by atoms with Gasteiger partial charge in [0.15, 0.2) is 5.69 Å². The molecule has 86 valence electrons. The second-order valence-electron chi connectivity index (χ2n) is 3.42. The van der Waals surface area contributed by atoms with E-state index in [-0.39, 0.29) is 11.6 Å². The Bertz CT molecular complexity index is 403. The molecule has 0 saturated heterocycles. The van der Waals surface area contributed by atoms with Crippen LogP contribution in [0.4, 0.5) is 5.69 Å². The first-order valence-electron chi connectivity index (χ1n) is 5.25. The minimum Gasteiger partial charge on any atom is -0.395 e. The molecule has 1 aromatic heterocycles. The summed E-state index contributed by atoms with van der Waals surface area (Å²) in [6.07, 6.45) is 7.31. The predicted octanol–water partition coefficient (Wildman–Crippen LogP) is 0.697. The van der Waals surface area contributed by atoms with Gasteiger partial charge in [0.2, 0.25) is 0 Å². The average Bonchev–Trinajstić information content (AvgIpc) is 2.62. The summed E-state index contributed by atoms with van der Waals surface area (Å²) in [5.41, 5.74) is 7.29. The number of nitrogens with one attached hydrogen (secondary N) is 2. The van der Waals surface area contributed by atoms with E-state index in [4.69, 9.17) is 12.2 Å². The number of nitrogen functional groups attached to an aromatic ring is 1. The van der Waals surface area contributed by atoms with Gasteiger partial charge in [0.1, 0.15) is 0 Å². The van der Waals surface area contributed by atoms with Crippen molar-refractivity contribution in [2.75, 3.05) is 12.3 Å². The van der Waals surface area contributed by atoms with Crippen LogP contribution in [0.25, 0.3) is 0 Å². The van der Waals surface area contributed by atoms with Crippen LogP contribution in [0.5, 0.6) is 0 Å². The molecule has 0 aliphatic heterocycles. The van der Waals surface area contributed by atoms with Crippen LogP contribution in [-0.2, 0) is 6.42 Å². The fraction of sp³-hybridized carbons (Fsp3) is 0.455. The number of aromatic amines is 1. The Balaban J connectivity index is 2.66. The standard InChI is InChI=1S/C11H16N4O/c1-3-5-7-13-11(16)10-9(12)8(6-4-2)14-15-10/h1H,4-7,12H2,2H3,(H,13,16)(H,14,15). The van der Waals surface area contributed by atoms with Gasteiger partial charge in [0, 0.05) is 13.0 Å². The maximum atomic E-state index is 11.6. The van der Waals surface area contributed by atoms with Gasteiger partial charge in [-0.05, 0) is 6.42 Å². The van der Waals surface area contributed by atoms with Crippen LogP contribution < -0.4 is 11.1 Å². The number of carbonyl (C=O) groups excluding carboxylic acids is 1. The summed E-state index contributed by atoms with van der Waals surface area (Å²) < 4.78 is 0. The molecule has 16 heavy (non-hydrogen) atoms. The predicted molar refractivity (Wildman–Crippen MR) is 62.8 cm³/mol. The number of nitrogens with zero attached hydrogens (tertiary/aromatic N) is 1. The quantitative estimate of drug-likeness (QED) is 0.504. The third-order valence-electron chi connectivity index (χ3n) is 2.15. The number of amides is 1. The lowest BCUT2D eigenvalue weighted by Gasteiger charge is -2.01. The summed E-state index contributed by atoms with van der Waals surface area (Å²) in [6, 6.07) is 0. The Hall–Kier alpha value is -1.96. The molecule has 4 N–H and O–H groups in total. The molecular formula is C11H16N4O. The number of aryl methyl sites for hydroxylation is 1. The zero-order valence-electron chi connectivity index (χ0n) is 9.34. The summed E-state index contributed by atoms with van der Waals surface area (Å²) in [4.78, 5) is 11.6. The third kappa shape index (κ3) is 2.76. The first-order valence-corrected chi connectivity index (χ1v) is 5.25. The first-order chi connectivity index (χ1) is 7.70. The van der Waals surface area contributed by atoms with Gasteiger partial charge in [-0.15, -0.1) is 12.3 Å². The molecule has 0 aliphatic rings. The van der Waals surface area contributed by atoms with Crippen LogP contribution in [0.2, 0.25) is 0 Å². The molecule has 1 rings (SSSR count). The van der Waals surface area contributed by atoms with Gasteiger partial charge in [-0.1, -0.05) is 13.3 Å². The van der Waals surface area contributed by atoms with Crippen LogP contribution >= 0.6 is 0 Å². The molecule has 0 fully saturated rings. The summed E-state index contributed by atoms with van der Waals surface area (Å²) in [5.74, 6) is 2.15. The van der Waals surface area contributed by atoms with E-state index in [1.54, 1.807) is 0 Å². The zero-order valence-corrected chi connectivity index (χ0v) is 9.34. The molecule has 5 nitrogen and oxygen atoms in total. The minimum absolute atomic E-state index is 0.250. The molecule has 0 radical (unpaired) electrons. The van der Waals surface area contributed by atoms with Gasteiger partial charge >= 0.3 is 0 Å². The molecular weight excluding hydrogens is 204 g/mol. The highest BCUT2D eigenvalue weighted by Gasteiger charge is 2.15. The Morgan fingerprint density at radius 3 is 3.06 bits per heavy atom. The van der Waals surface area contributed by atoms with Crippen LogP contribution in [0.15, 0.2) is 0 Å². The van der Waals surface area contributed by atoms with Crippen molar-refractivity contribution in [3.8, 4) is 12.3 Å². The van der Waals surface area contributed by atoms with Crippen LogP contribution in [0.1, 0.15) is 35.9 Å². The number of nitrogens with two attached hydrogens (primary N) is 1. The number of anilines is 1. The van der Waals surface area contributed by atoms with Gasteiger partial charge in [0.05, 0.1) is 11.4 Å². The number of H-pyrrole nitrogens is 1. The van der Waals surface area contributed by atoms with Crippen molar-refractivity contribution in [1.82, 2.24) is 15.5 Å². The topological polar surface area (TPSA) is 83.8 Å². The maximum Gasteiger partial charge on any atom is 0.273 e. The zero-order chi connectivity index (χ0) is 12.0. The van der Waals surface area contributed by atoms with Crippen molar-refractivity contribution in [1.29, 1.82) is 0 Å². The van der Waals surface area contributed by atoms with E-state index in [1.807, 2.05) is 6.92 Å². The Morgan fingerprint density at radius 2 is 2.44 bits per heavy atom. The monoisotopic (exact) mass is 220 g/mol. The molecule has 0 bridgehead atoms. The van der Waals surface area contributed by atoms with E-state index >= 15 is 0 Å². The Morgan fingerprint density at radius 1 is 1.69 bits per heavy atom. The number of aromatic nitrogens is 2. The van der Waals surface area contributed by atoms with E-state index < -0.39 is 0 Å². The minimum atomic E-state index is -0.286. The van der Waals surface area contributed by atoms with Gasteiger partial charge in [-0.25, -0.2) is 0 Å². The van der Waals surface area contributed by atoms with Gasteiger partial charge in [-0.3, -0.25) is 9.89 Å². The molecule has 0 unspecified atom stereocenters. The SMILES string of the molecule is C#CCCNC(=O)c1n[nH]c(CCC)c1N. The lowest BCUT2D eigenvalue weighted by molar-refractivity contribution is 0.0950. The molecule has 0 saturated carbocycles. The molecule has 1 amide bonds. The summed E-state index contributed by atoms with van der Waals surface area (Å²) >= 11 is 0. The van der Waals surface area contributed by atoms with Crippen LogP contribution in [-0.4, -0.2) is 22.6 Å². The van der Waals surface area contributed by atoms with Crippen molar-refractivity contribution in [2.45, 2.75) is 26.2 Å². The van der Waals surface area contributed by atoms with E-state index in [1.165, 1.54) is 0 Å². The smallest absolute Gasteiger partial charge is 0.273 e. The van der Waals surface area contributed by atoms with Crippen molar-refractivity contribution in [2.24, 2.45) is 0 Å². The molecule has 0 spiro atoms. The van der Waals surface area contributed by atoms with Crippen molar-refractivity contribution >= 4 is 11.6 Å². The lowest BCUT2D eigenvalue weighted by atomic mass is 10.2. The largest absolute Gasteiger partial charge is 0.395 e. The highest BCUT2D eigenvalue weighted by atomic mass is 16.1. The summed E-state index contributed by atoms with van der Waals surface area (Å²) in [7, 11) is 0. The van der Waals surface area contributed by atoms with Crippen molar-refractivity contribution in [3.63, 3.8) is 0 Å². The molecule has 1 heterocycles. The highest BCUT2D eigenvalue weighted by molar-refractivity contribution is 5.97. The fourth-order valence-corrected chi connectivity index (χ4v) is 1.33. The van der Waals surface area contributed by atoms with E-state index in [9.17, 15) is 4.79 Å². The van der Waals surface area contributed by atoms with E-state index in [0.717, 1.165) is 18.5 Å². The molecule has 5 heteroatoms. The fourth-order valence-electron chi connectivity index (χ4n) is 1.33. The van der Waals surface area contributed by atoms with Crippen LogP contribution in [0.3, 0.4) is 0 Å². The van der Waals surface area contributed by atoms with Gasteiger partial charge in [-0.2, -0.15) is 5.10 Å². The van der Waals surface area contributed by atoms with Crippen molar-refractivity contribution < 1.29 is 4.79 Å². The van der Waals surface area contributed by atoms with E-state index in [2.05, 4.69) is 21.4 Å². The molecule has 0 atom stereocenters. The number of terminal acetylenes is 1. The van der Waals surface area contributed by atoms with Crippen LogP contribution in [0, 0.1) is 12.3 Å². The lowest BCUT2D eigenvalue weighted by Crippen LogP contribution is -2.25. The first kappa shape index (κ1) is 12.1. The number of hydrogen-bond donors (Lipinski definition) is 3. The number of carbonyl (C=O) groups is 1. The number of hydrogen-bond acceptors (Lipinski definition) is 3. The second kappa shape index (κ2) is 5.81. The molecule has 0 aliphatic carbocycles. The maximum absolute atomic E-state index is 11.6. The van der Waals surface area contributed by atoms with E-state index in [0.29, 0.717) is 18.7 Å². The summed E-state index contributed by atoms with van der Waals surface area (Å²) in [5, 5.41) is 9.32. The van der Waals surface area contributed by atoms with Crippen molar-refractivity contribution in [3.05, 3.63) is 11.4 Å². The second-order valence-corrected chi connectivity index (χ2v) is 3.42. The Kier molecular flexibility index (Phi) is 4.40. The highest BCUT2D eigenvalue weighted by Crippen LogP contribution is 2.15. The normalized spacial score (nSPS) is 9.75. The Labute approximate surface area is 94.8 Å². The number of rotatable bonds is 5. The van der Waals surface area contributed by atoms with Gasteiger partial charge in [0.25, 0.3) is 5.91 Å².